The molecule has 1 aliphatic heterocycles. The lowest BCUT2D eigenvalue weighted by Gasteiger charge is -2.28. The molecular weight excluding hydrogens is 472 g/mol. The van der Waals surface area contributed by atoms with Crippen molar-refractivity contribution in [1.82, 2.24) is 5.01 Å². The Balaban J connectivity index is 1.90. The summed E-state index contributed by atoms with van der Waals surface area (Å²) in [5, 5.41) is 7.34. The second-order valence-electron chi connectivity index (χ2n) is 6.98. The van der Waals surface area contributed by atoms with E-state index >= 15 is 0 Å². The number of anilines is 3. The van der Waals surface area contributed by atoms with Crippen LogP contribution in [-0.2, 0) is 4.84 Å². The number of halogens is 2. The van der Waals surface area contributed by atoms with Crippen LogP contribution < -0.4 is 27.4 Å². The Hall–Kier alpha value is -2.74. The van der Waals surface area contributed by atoms with Crippen LogP contribution in [0.1, 0.15) is 10.4 Å². The number of hydrogen-bond donors (Lipinski definition) is 4. The Kier molecular flexibility index (Phi) is 8.61. The minimum Gasteiger partial charge on any atom is -0.370 e. The van der Waals surface area contributed by atoms with E-state index in [2.05, 4.69) is 15.9 Å². The van der Waals surface area contributed by atoms with E-state index in [1.165, 1.54) is 37.4 Å². The van der Waals surface area contributed by atoms with Crippen molar-refractivity contribution >= 4 is 51.7 Å². The van der Waals surface area contributed by atoms with E-state index in [4.69, 9.17) is 16.5 Å². The zero-order valence-electron chi connectivity index (χ0n) is 18.1. The van der Waals surface area contributed by atoms with E-state index in [0.717, 1.165) is 23.3 Å². The first-order chi connectivity index (χ1) is 15.8. The molecular formula is C20H25F2N7O2S2. The number of hydrogen-bond acceptors (Lipinski definition) is 9. The predicted molar refractivity (Wildman–Crippen MR) is 130 cm³/mol. The van der Waals surface area contributed by atoms with E-state index in [1.807, 2.05) is 4.90 Å². The number of nitrogens with zero attached hydrogens (tertiary/aromatic N) is 3. The van der Waals surface area contributed by atoms with E-state index < -0.39 is 23.2 Å². The fourth-order valence-corrected chi connectivity index (χ4v) is 4.82. The number of nitrogens with one attached hydrogen (secondary N) is 2. The number of carbonyl (C=O) groups is 1. The molecule has 0 bridgehead atoms. The number of hydrazone groups is 1. The Morgan fingerprint density at radius 1 is 1.24 bits per heavy atom. The molecule has 0 spiro atoms. The van der Waals surface area contributed by atoms with Crippen LogP contribution >= 0.6 is 23.5 Å². The maximum absolute atomic E-state index is 14.8. The van der Waals surface area contributed by atoms with E-state index in [0.29, 0.717) is 29.4 Å². The second-order valence-corrected chi connectivity index (χ2v) is 9.21. The molecule has 0 radical (unpaired) electrons. The van der Waals surface area contributed by atoms with Crippen LogP contribution in [0.3, 0.4) is 0 Å². The number of hydrazine groups is 1. The van der Waals surface area contributed by atoms with E-state index in [-0.39, 0.29) is 10.7 Å². The van der Waals surface area contributed by atoms with Gasteiger partial charge in [0.2, 0.25) is 5.17 Å². The molecule has 1 amide bonds. The first kappa shape index (κ1) is 24.9. The number of amidine groups is 1. The summed E-state index contributed by atoms with van der Waals surface area (Å²) in [4.78, 5) is 20.3. The smallest absolute Gasteiger partial charge is 0.257 e. The molecule has 1 heterocycles. The van der Waals surface area contributed by atoms with Crippen molar-refractivity contribution in [2.45, 2.75) is 4.90 Å². The Labute approximate surface area is 198 Å². The first-order valence-electron chi connectivity index (χ1n) is 9.84. The normalized spacial score (nSPS) is 14.2. The molecule has 1 fully saturated rings. The van der Waals surface area contributed by atoms with Gasteiger partial charge in [-0.25, -0.2) is 14.6 Å². The van der Waals surface area contributed by atoms with Gasteiger partial charge in [-0.05, 0) is 42.1 Å². The van der Waals surface area contributed by atoms with Gasteiger partial charge < -0.3 is 16.1 Å². The van der Waals surface area contributed by atoms with Gasteiger partial charge >= 0.3 is 0 Å². The van der Waals surface area contributed by atoms with Gasteiger partial charge in [-0.2, -0.15) is 16.9 Å². The quantitative estimate of drug-likeness (QED) is 0.157. The highest BCUT2D eigenvalue weighted by molar-refractivity contribution is 8.13. The molecule has 0 unspecified atom stereocenters. The van der Waals surface area contributed by atoms with Gasteiger partial charge in [0, 0.05) is 42.2 Å². The van der Waals surface area contributed by atoms with Crippen molar-refractivity contribution in [3.8, 4) is 0 Å². The fraction of sp³-hybridized carbons (Fsp3) is 0.300. The second kappa shape index (κ2) is 11.4. The van der Waals surface area contributed by atoms with Crippen molar-refractivity contribution in [3.05, 3.63) is 47.5 Å². The third-order valence-electron chi connectivity index (χ3n) is 4.70. The van der Waals surface area contributed by atoms with Crippen LogP contribution in [0.5, 0.6) is 0 Å². The lowest BCUT2D eigenvalue weighted by molar-refractivity contribution is 0.102. The molecule has 0 aliphatic carbocycles. The highest BCUT2D eigenvalue weighted by atomic mass is 32.2. The molecule has 0 aromatic heterocycles. The molecule has 33 heavy (non-hydrogen) atoms. The van der Waals surface area contributed by atoms with Gasteiger partial charge in [-0.1, -0.05) is 0 Å². The molecule has 2 aromatic rings. The van der Waals surface area contributed by atoms with Crippen molar-refractivity contribution in [1.29, 1.82) is 0 Å². The summed E-state index contributed by atoms with van der Waals surface area (Å²) in [6, 6.07) is 7.20. The first-order valence-corrected chi connectivity index (χ1v) is 11.8. The average molecular weight is 498 g/mol. The molecule has 13 heteroatoms. The molecule has 1 saturated heterocycles. The summed E-state index contributed by atoms with van der Waals surface area (Å²) in [5.74, 6) is 10.4. The number of benzene rings is 2. The molecule has 6 N–H and O–H groups in total. The minimum absolute atomic E-state index is 0.112. The van der Waals surface area contributed by atoms with Crippen LogP contribution in [0.4, 0.5) is 25.8 Å². The third kappa shape index (κ3) is 6.19. The molecule has 3 rings (SSSR count). The average Bonchev–Trinajstić information content (AvgIpc) is 2.80. The van der Waals surface area contributed by atoms with E-state index in [1.54, 1.807) is 23.9 Å². The van der Waals surface area contributed by atoms with Crippen LogP contribution in [0.2, 0.25) is 0 Å². The molecule has 0 atom stereocenters. The number of carbonyl (C=O) groups excluding carboxylic acids is 1. The van der Waals surface area contributed by atoms with Crippen LogP contribution in [0.25, 0.3) is 0 Å². The fourth-order valence-electron chi connectivity index (χ4n) is 3.13. The molecule has 1 aliphatic rings. The SMILES string of the molecule is CONc1ccc(S/C(=N/N)N(C)N)c(C(=O)Nc2c(F)cc(N3CCSCC3)cc2F)c1. The van der Waals surface area contributed by atoms with Gasteiger partial charge in [0.1, 0.15) is 5.69 Å². The van der Waals surface area contributed by atoms with Crippen molar-refractivity contribution in [3.63, 3.8) is 0 Å². The summed E-state index contributed by atoms with van der Waals surface area (Å²) in [7, 11) is 2.95. The van der Waals surface area contributed by atoms with Gasteiger partial charge in [-0.15, -0.1) is 0 Å². The summed E-state index contributed by atoms with van der Waals surface area (Å²) < 4.78 is 29.7. The molecule has 178 valence electrons. The molecule has 0 saturated carbocycles. The predicted octanol–water partition coefficient (Wildman–Crippen LogP) is 2.87. The maximum Gasteiger partial charge on any atom is 0.257 e. The van der Waals surface area contributed by atoms with Crippen molar-refractivity contribution < 1.29 is 18.4 Å². The monoisotopic (exact) mass is 497 g/mol. The number of nitrogens with two attached hydrogens (primary N) is 2. The number of rotatable bonds is 6. The standard InChI is InChI=1S/C20H25F2N7O2S2/c1-28(24)20(26-23)33-17-4-3-12(27-31-2)9-14(17)19(30)25-18-15(21)10-13(11-16(18)22)29-5-7-32-8-6-29/h3-4,9-11,27H,5-8,23-24H2,1-2H3,(H,25,30)/b26-20+. The lowest BCUT2D eigenvalue weighted by atomic mass is 10.1. The van der Waals surface area contributed by atoms with Gasteiger partial charge in [0.25, 0.3) is 5.91 Å². The van der Waals surface area contributed by atoms with Gasteiger partial charge in [0.05, 0.1) is 18.4 Å². The van der Waals surface area contributed by atoms with Crippen LogP contribution in [-0.4, -0.2) is 54.8 Å². The molecule has 9 nitrogen and oxygen atoms in total. The largest absolute Gasteiger partial charge is 0.370 e. The number of amides is 1. The highest BCUT2D eigenvalue weighted by Crippen LogP contribution is 2.31. The zero-order chi connectivity index (χ0) is 24.0. The Morgan fingerprint density at radius 2 is 1.91 bits per heavy atom. The highest BCUT2D eigenvalue weighted by Gasteiger charge is 2.22. The summed E-state index contributed by atoms with van der Waals surface area (Å²) in [6.07, 6.45) is 0. The van der Waals surface area contributed by atoms with Crippen LogP contribution in [0, 0.1) is 11.6 Å². The van der Waals surface area contributed by atoms with Crippen molar-refractivity contribution in [2.24, 2.45) is 16.8 Å². The van der Waals surface area contributed by atoms with Gasteiger partial charge in [0.15, 0.2) is 11.6 Å². The Bertz CT molecular complexity index is 1010. The summed E-state index contributed by atoms with van der Waals surface area (Å²) >= 11 is 2.81. The third-order valence-corrected chi connectivity index (χ3v) is 6.79. The summed E-state index contributed by atoms with van der Waals surface area (Å²) in [5.41, 5.74) is 3.10. The summed E-state index contributed by atoms with van der Waals surface area (Å²) in [6.45, 7) is 1.41. The number of thioether (sulfide) groups is 2. The lowest BCUT2D eigenvalue weighted by Crippen LogP contribution is -2.32. The van der Waals surface area contributed by atoms with Crippen molar-refractivity contribution in [2.75, 3.05) is 54.4 Å². The van der Waals surface area contributed by atoms with E-state index in [9.17, 15) is 13.6 Å². The Morgan fingerprint density at radius 3 is 2.48 bits per heavy atom. The van der Waals surface area contributed by atoms with Gasteiger partial charge in [-0.3, -0.25) is 20.1 Å². The zero-order valence-corrected chi connectivity index (χ0v) is 19.7. The van der Waals surface area contributed by atoms with Crippen LogP contribution in [0.15, 0.2) is 40.3 Å². The molecule has 2 aromatic carbocycles. The topological polar surface area (TPSA) is 121 Å². The minimum atomic E-state index is -0.858. The maximum atomic E-state index is 14.8.